The fraction of sp³-hybridized carbons (Fsp3) is 0.632. The number of ether oxygens (including phenoxy) is 1. The van der Waals surface area contributed by atoms with Crippen LogP contribution in [0.5, 0.6) is 0 Å². The van der Waals surface area contributed by atoms with Crippen LogP contribution in [0.25, 0.3) is 0 Å². The van der Waals surface area contributed by atoms with Gasteiger partial charge in [0.15, 0.2) is 5.82 Å². The Morgan fingerprint density at radius 3 is 2.74 bits per heavy atom. The van der Waals surface area contributed by atoms with Crippen LogP contribution in [0.2, 0.25) is 0 Å². The molecule has 0 atom stereocenters. The quantitative estimate of drug-likeness (QED) is 0.795. The van der Waals surface area contributed by atoms with Gasteiger partial charge < -0.3 is 14.2 Å². The van der Waals surface area contributed by atoms with Crippen LogP contribution in [0.3, 0.4) is 0 Å². The van der Waals surface area contributed by atoms with Gasteiger partial charge in [0.2, 0.25) is 5.89 Å². The molecule has 2 fully saturated rings. The summed E-state index contributed by atoms with van der Waals surface area (Å²) in [5, 5.41) is 4.15. The third-order valence-corrected chi connectivity index (χ3v) is 5.53. The molecule has 0 spiro atoms. The Morgan fingerprint density at radius 2 is 2.00 bits per heavy atom. The molecule has 0 aromatic carbocycles. The molecular weight excluding hydrogens is 346 g/mol. The van der Waals surface area contributed by atoms with E-state index < -0.39 is 0 Å². The number of hydrogen-bond acceptors (Lipinski definition) is 7. The summed E-state index contributed by atoms with van der Waals surface area (Å²) in [4.78, 5) is 26.8. The molecule has 0 radical (unpaired) electrons. The lowest BCUT2D eigenvalue weighted by Gasteiger charge is -2.31. The second-order valence-corrected chi connectivity index (χ2v) is 7.30. The maximum Gasteiger partial charge on any atom is 0.272 e. The molecule has 2 aliphatic rings. The summed E-state index contributed by atoms with van der Waals surface area (Å²) in [5.41, 5.74) is 0.468. The second kappa shape index (κ2) is 8.56. The Kier molecular flexibility index (Phi) is 5.72. The average molecular weight is 371 g/mol. The summed E-state index contributed by atoms with van der Waals surface area (Å²) in [7, 11) is 0. The molecule has 2 aliphatic heterocycles. The summed E-state index contributed by atoms with van der Waals surface area (Å²) >= 11 is 0. The van der Waals surface area contributed by atoms with Gasteiger partial charge in [-0.15, -0.1) is 0 Å². The molecule has 1 amide bonds. The van der Waals surface area contributed by atoms with Gasteiger partial charge in [0.05, 0.1) is 0 Å². The number of carbonyl (C=O) groups is 1. The van der Waals surface area contributed by atoms with Gasteiger partial charge in [0.1, 0.15) is 12.0 Å². The zero-order chi connectivity index (χ0) is 18.5. The van der Waals surface area contributed by atoms with Crippen molar-refractivity contribution in [1.82, 2.24) is 25.0 Å². The lowest BCUT2D eigenvalue weighted by atomic mass is 9.92. The Labute approximate surface area is 158 Å². The SMILES string of the molecule is O=C(c1ccncn1)N1CCC(CCc2noc(C3CCOCC3)n2)CC1. The maximum absolute atomic E-state index is 12.4. The standard InChI is InChI=1S/C19H25N5O3/c25-19(16-3-8-20-13-21-16)24-9-4-14(5-10-24)1-2-17-22-18(27-23-17)15-6-11-26-12-7-15/h3,8,13-15H,1-2,4-7,9-12H2. The summed E-state index contributed by atoms with van der Waals surface area (Å²) in [6.07, 6.45) is 8.80. The highest BCUT2D eigenvalue weighted by molar-refractivity contribution is 5.92. The van der Waals surface area contributed by atoms with Gasteiger partial charge in [-0.2, -0.15) is 4.98 Å². The molecule has 0 unspecified atom stereocenters. The maximum atomic E-state index is 12.4. The molecular formula is C19H25N5O3. The number of hydrogen-bond donors (Lipinski definition) is 0. The Morgan fingerprint density at radius 1 is 1.19 bits per heavy atom. The molecule has 2 saturated heterocycles. The van der Waals surface area contributed by atoms with Crippen LogP contribution in [0.1, 0.15) is 60.2 Å². The molecule has 2 aromatic heterocycles. The Balaban J connectivity index is 1.23. The Bertz CT molecular complexity index is 737. The van der Waals surface area contributed by atoms with Gasteiger partial charge in [-0.25, -0.2) is 9.97 Å². The number of rotatable bonds is 5. The van der Waals surface area contributed by atoms with Crippen LogP contribution >= 0.6 is 0 Å². The lowest BCUT2D eigenvalue weighted by molar-refractivity contribution is 0.0680. The first kappa shape index (κ1) is 18.0. The zero-order valence-corrected chi connectivity index (χ0v) is 15.4. The minimum absolute atomic E-state index is 0.00452. The first-order valence-corrected chi connectivity index (χ1v) is 9.75. The van der Waals surface area contributed by atoms with Crippen molar-refractivity contribution in [3.63, 3.8) is 0 Å². The molecule has 0 N–H and O–H groups in total. The van der Waals surface area contributed by atoms with Crippen LogP contribution in [0.15, 0.2) is 23.1 Å². The minimum Gasteiger partial charge on any atom is -0.381 e. The first-order chi connectivity index (χ1) is 13.3. The van der Waals surface area contributed by atoms with E-state index in [1.807, 2.05) is 4.90 Å². The van der Waals surface area contributed by atoms with Crippen molar-refractivity contribution in [1.29, 1.82) is 0 Å². The summed E-state index contributed by atoms with van der Waals surface area (Å²) in [5.74, 6) is 2.49. The van der Waals surface area contributed by atoms with E-state index in [1.54, 1.807) is 12.3 Å². The van der Waals surface area contributed by atoms with E-state index in [4.69, 9.17) is 9.26 Å². The molecule has 27 heavy (non-hydrogen) atoms. The van der Waals surface area contributed by atoms with E-state index in [9.17, 15) is 4.79 Å². The first-order valence-electron chi connectivity index (χ1n) is 9.75. The van der Waals surface area contributed by atoms with Crippen LogP contribution in [0.4, 0.5) is 0 Å². The second-order valence-electron chi connectivity index (χ2n) is 7.30. The van der Waals surface area contributed by atoms with Crippen LogP contribution in [-0.2, 0) is 11.2 Å². The van der Waals surface area contributed by atoms with E-state index in [0.29, 0.717) is 17.5 Å². The highest BCUT2D eigenvalue weighted by Crippen LogP contribution is 2.26. The third-order valence-electron chi connectivity index (χ3n) is 5.53. The van der Waals surface area contributed by atoms with Crippen LogP contribution in [-0.4, -0.2) is 57.2 Å². The molecule has 144 valence electrons. The van der Waals surface area contributed by atoms with Gasteiger partial charge in [0, 0.05) is 44.8 Å². The number of amides is 1. The van der Waals surface area contributed by atoms with Gasteiger partial charge in [-0.1, -0.05) is 5.16 Å². The number of aryl methyl sites for hydroxylation is 1. The zero-order valence-electron chi connectivity index (χ0n) is 15.4. The van der Waals surface area contributed by atoms with E-state index >= 15 is 0 Å². The van der Waals surface area contributed by atoms with Gasteiger partial charge >= 0.3 is 0 Å². The number of aromatic nitrogens is 4. The van der Waals surface area contributed by atoms with E-state index in [-0.39, 0.29) is 5.91 Å². The van der Waals surface area contributed by atoms with Gasteiger partial charge in [-0.05, 0) is 44.1 Å². The van der Waals surface area contributed by atoms with Crippen molar-refractivity contribution >= 4 is 5.91 Å². The molecule has 0 aliphatic carbocycles. The molecule has 0 bridgehead atoms. The molecule has 8 nitrogen and oxygen atoms in total. The predicted molar refractivity (Wildman–Crippen MR) is 96.1 cm³/mol. The monoisotopic (exact) mass is 371 g/mol. The minimum atomic E-state index is -0.00452. The molecule has 0 saturated carbocycles. The van der Waals surface area contributed by atoms with Gasteiger partial charge in [-0.3, -0.25) is 4.79 Å². The van der Waals surface area contributed by atoms with E-state index in [1.165, 1.54) is 6.33 Å². The smallest absolute Gasteiger partial charge is 0.272 e. The molecule has 4 rings (SSSR count). The number of nitrogens with zero attached hydrogens (tertiary/aromatic N) is 5. The van der Waals surface area contributed by atoms with E-state index in [0.717, 1.165) is 76.5 Å². The Hall–Kier alpha value is -2.35. The molecule has 8 heteroatoms. The van der Waals surface area contributed by atoms with Crippen molar-refractivity contribution in [2.24, 2.45) is 5.92 Å². The normalized spacial score (nSPS) is 19.3. The molecule has 2 aromatic rings. The van der Waals surface area contributed by atoms with Crippen molar-refractivity contribution in [2.45, 2.75) is 44.4 Å². The van der Waals surface area contributed by atoms with E-state index in [2.05, 4.69) is 20.1 Å². The van der Waals surface area contributed by atoms with Crippen molar-refractivity contribution in [3.05, 3.63) is 36.0 Å². The number of piperidine rings is 1. The fourth-order valence-corrected chi connectivity index (χ4v) is 3.82. The van der Waals surface area contributed by atoms with Crippen molar-refractivity contribution in [3.8, 4) is 0 Å². The van der Waals surface area contributed by atoms with Crippen LogP contribution in [0, 0.1) is 5.92 Å². The topological polar surface area (TPSA) is 94.2 Å². The highest BCUT2D eigenvalue weighted by Gasteiger charge is 2.25. The van der Waals surface area contributed by atoms with Crippen molar-refractivity contribution < 1.29 is 14.1 Å². The van der Waals surface area contributed by atoms with Gasteiger partial charge in [0.25, 0.3) is 5.91 Å². The predicted octanol–water partition coefficient (Wildman–Crippen LogP) is 2.24. The van der Waals surface area contributed by atoms with Crippen molar-refractivity contribution in [2.75, 3.05) is 26.3 Å². The summed E-state index contributed by atoms with van der Waals surface area (Å²) in [6, 6.07) is 1.67. The average Bonchev–Trinajstić information content (AvgIpc) is 3.22. The number of carbonyl (C=O) groups excluding carboxylic acids is 1. The number of likely N-dealkylation sites (tertiary alicyclic amines) is 1. The fourth-order valence-electron chi connectivity index (χ4n) is 3.82. The highest BCUT2D eigenvalue weighted by atomic mass is 16.5. The largest absolute Gasteiger partial charge is 0.381 e. The molecule has 4 heterocycles. The summed E-state index contributed by atoms with van der Waals surface area (Å²) in [6.45, 7) is 3.09. The third kappa shape index (κ3) is 4.50. The van der Waals surface area contributed by atoms with Crippen LogP contribution < -0.4 is 0 Å². The summed E-state index contributed by atoms with van der Waals surface area (Å²) < 4.78 is 10.8. The lowest BCUT2D eigenvalue weighted by Crippen LogP contribution is -2.39.